The molecule has 0 aliphatic heterocycles. The molecule has 0 radical (unpaired) electrons. The van der Waals surface area contributed by atoms with E-state index in [-0.39, 0.29) is 34.3 Å². The summed E-state index contributed by atoms with van der Waals surface area (Å²) in [6, 6.07) is 4.37. The van der Waals surface area contributed by atoms with Crippen LogP contribution in [0.25, 0.3) is 10.9 Å². The highest BCUT2D eigenvalue weighted by molar-refractivity contribution is 5.98. The van der Waals surface area contributed by atoms with Gasteiger partial charge < -0.3 is 18.6 Å². The molecule has 2 heterocycles. The van der Waals surface area contributed by atoms with E-state index in [9.17, 15) is 18.4 Å². The van der Waals surface area contributed by atoms with Gasteiger partial charge in [-0.2, -0.15) is 4.39 Å². The number of pyridine rings is 1. The fourth-order valence-corrected chi connectivity index (χ4v) is 3.80. The summed E-state index contributed by atoms with van der Waals surface area (Å²) in [6.07, 6.45) is 6.00. The lowest BCUT2D eigenvalue weighted by Gasteiger charge is -2.25. The molecule has 0 bridgehead atoms. The minimum Gasteiger partial charge on any atom is -0.491 e. The molecule has 1 aliphatic rings. The molecule has 1 atom stereocenters. The molecule has 1 aliphatic carbocycles. The lowest BCUT2D eigenvalue weighted by atomic mass is 10.1. The zero-order valence-corrected chi connectivity index (χ0v) is 17.7. The predicted octanol–water partition coefficient (Wildman–Crippen LogP) is 4.31. The normalized spacial score (nSPS) is 14.6. The number of furan rings is 1. The van der Waals surface area contributed by atoms with Crippen molar-refractivity contribution in [2.75, 3.05) is 14.2 Å². The van der Waals surface area contributed by atoms with E-state index in [2.05, 4.69) is 0 Å². The van der Waals surface area contributed by atoms with E-state index in [1.807, 2.05) is 13.0 Å². The van der Waals surface area contributed by atoms with Crippen molar-refractivity contribution in [3.8, 4) is 5.75 Å². The highest BCUT2D eigenvalue weighted by Crippen LogP contribution is 2.40. The number of benzene rings is 1. The first-order valence-corrected chi connectivity index (χ1v) is 10.2. The lowest BCUT2D eigenvalue weighted by molar-refractivity contribution is 0.0734. The number of ether oxygens (including phenoxy) is 1. The highest BCUT2D eigenvalue weighted by Gasteiger charge is 2.31. The van der Waals surface area contributed by atoms with Crippen molar-refractivity contribution in [2.45, 2.75) is 44.7 Å². The van der Waals surface area contributed by atoms with Crippen LogP contribution in [0.4, 0.5) is 8.78 Å². The van der Waals surface area contributed by atoms with Gasteiger partial charge in [-0.3, -0.25) is 9.59 Å². The van der Waals surface area contributed by atoms with E-state index in [0.717, 1.165) is 24.7 Å². The van der Waals surface area contributed by atoms with Gasteiger partial charge in [0.05, 0.1) is 24.3 Å². The SMILES string of the molecule is COc1c(F)c(F)cc2c(=O)c(C(=O)N(C)C(C)CCc3ccco3)cn(C3CC3)c12. The third-order valence-electron chi connectivity index (χ3n) is 5.91. The molecule has 8 heteroatoms. The van der Waals surface area contributed by atoms with Gasteiger partial charge in [0.2, 0.25) is 11.2 Å². The van der Waals surface area contributed by atoms with E-state index < -0.39 is 23.0 Å². The number of aromatic nitrogens is 1. The Bertz CT molecular complexity index is 1180. The van der Waals surface area contributed by atoms with E-state index in [1.54, 1.807) is 23.9 Å². The topological polar surface area (TPSA) is 64.7 Å². The number of carbonyl (C=O) groups excluding carboxylic acids is 1. The van der Waals surface area contributed by atoms with Crippen molar-refractivity contribution >= 4 is 16.8 Å². The van der Waals surface area contributed by atoms with Crippen molar-refractivity contribution in [3.05, 3.63) is 63.8 Å². The molecule has 1 unspecified atom stereocenters. The molecule has 1 amide bonds. The molecule has 1 aromatic carbocycles. The predicted molar refractivity (Wildman–Crippen MR) is 112 cm³/mol. The highest BCUT2D eigenvalue weighted by atomic mass is 19.2. The molecule has 2 aromatic heterocycles. The van der Waals surface area contributed by atoms with Crippen molar-refractivity contribution in [3.63, 3.8) is 0 Å². The van der Waals surface area contributed by atoms with E-state index in [1.165, 1.54) is 18.2 Å². The van der Waals surface area contributed by atoms with Crippen molar-refractivity contribution in [2.24, 2.45) is 0 Å². The van der Waals surface area contributed by atoms with Crippen LogP contribution < -0.4 is 10.2 Å². The van der Waals surface area contributed by atoms with E-state index in [4.69, 9.17) is 9.15 Å². The van der Waals surface area contributed by atoms with Crippen LogP contribution in [0.5, 0.6) is 5.75 Å². The summed E-state index contributed by atoms with van der Waals surface area (Å²) in [5, 5.41) is -0.0647. The van der Waals surface area contributed by atoms with Gasteiger partial charge in [-0.1, -0.05) is 0 Å². The van der Waals surface area contributed by atoms with Crippen LogP contribution in [0.1, 0.15) is 48.3 Å². The standard InChI is InChI=1S/C23H24F2N2O4/c1-13(6-9-15-5-4-10-31-15)26(2)23(29)17-12-27(14-7-8-14)20-16(21(17)28)11-18(24)19(25)22(20)30-3/h4-5,10-14H,6-9H2,1-3H3. The first-order valence-electron chi connectivity index (χ1n) is 10.2. The first kappa shape index (κ1) is 21.1. The summed E-state index contributed by atoms with van der Waals surface area (Å²) in [7, 11) is 2.86. The molecular weight excluding hydrogens is 406 g/mol. The molecule has 0 spiro atoms. The Morgan fingerprint density at radius 3 is 2.74 bits per heavy atom. The van der Waals surface area contributed by atoms with Crippen LogP contribution in [-0.4, -0.2) is 35.6 Å². The molecule has 1 fully saturated rings. The third kappa shape index (κ3) is 3.82. The average Bonchev–Trinajstić information content (AvgIpc) is 3.47. The van der Waals surface area contributed by atoms with Gasteiger partial charge >= 0.3 is 0 Å². The van der Waals surface area contributed by atoms with Crippen LogP contribution >= 0.6 is 0 Å². The molecule has 6 nitrogen and oxygen atoms in total. The largest absolute Gasteiger partial charge is 0.491 e. The number of carbonyl (C=O) groups is 1. The van der Waals surface area contributed by atoms with Crippen LogP contribution in [0.3, 0.4) is 0 Å². The van der Waals surface area contributed by atoms with E-state index >= 15 is 0 Å². The summed E-state index contributed by atoms with van der Waals surface area (Å²) in [6.45, 7) is 1.89. The maximum atomic E-state index is 14.3. The Morgan fingerprint density at radius 1 is 1.39 bits per heavy atom. The molecule has 164 valence electrons. The van der Waals surface area contributed by atoms with Crippen LogP contribution in [0.15, 0.2) is 39.9 Å². The first-order chi connectivity index (χ1) is 14.8. The van der Waals surface area contributed by atoms with Gasteiger partial charge in [0.25, 0.3) is 5.91 Å². The fourth-order valence-electron chi connectivity index (χ4n) is 3.80. The maximum absolute atomic E-state index is 14.3. The second-order valence-electron chi connectivity index (χ2n) is 8.00. The Hall–Kier alpha value is -3.16. The van der Waals surface area contributed by atoms with Crippen LogP contribution in [-0.2, 0) is 6.42 Å². The van der Waals surface area contributed by atoms with Gasteiger partial charge in [-0.05, 0) is 44.4 Å². The molecule has 0 saturated heterocycles. The number of halogens is 2. The summed E-state index contributed by atoms with van der Waals surface area (Å²) in [4.78, 5) is 27.9. The summed E-state index contributed by atoms with van der Waals surface area (Å²) >= 11 is 0. The second kappa shape index (κ2) is 8.17. The number of amides is 1. The number of fused-ring (bicyclic) bond motifs is 1. The van der Waals surface area contributed by atoms with Gasteiger partial charge in [0.1, 0.15) is 11.3 Å². The van der Waals surface area contributed by atoms with Gasteiger partial charge in [-0.25, -0.2) is 4.39 Å². The number of hydrogen-bond donors (Lipinski definition) is 0. The minimum absolute atomic E-state index is 0.00935. The van der Waals surface area contributed by atoms with Crippen LogP contribution in [0, 0.1) is 11.6 Å². The molecule has 31 heavy (non-hydrogen) atoms. The summed E-state index contributed by atoms with van der Waals surface area (Å²) in [5.41, 5.74) is -0.530. The van der Waals surface area contributed by atoms with Gasteiger partial charge in [0.15, 0.2) is 11.6 Å². The van der Waals surface area contributed by atoms with Crippen molar-refractivity contribution in [1.29, 1.82) is 0 Å². The third-order valence-corrected chi connectivity index (χ3v) is 5.91. The van der Waals surface area contributed by atoms with E-state index in [0.29, 0.717) is 12.8 Å². The van der Waals surface area contributed by atoms with Gasteiger partial charge in [0, 0.05) is 31.7 Å². The molecule has 1 saturated carbocycles. The quantitative estimate of drug-likeness (QED) is 0.560. The number of methoxy groups -OCH3 is 1. The fraction of sp³-hybridized carbons (Fsp3) is 0.391. The second-order valence-corrected chi connectivity index (χ2v) is 8.00. The Labute approximate surface area is 178 Å². The maximum Gasteiger partial charge on any atom is 0.259 e. The monoisotopic (exact) mass is 430 g/mol. The average molecular weight is 430 g/mol. The summed E-state index contributed by atoms with van der Waals surface area (Å²) < 4.78 is 40.6. The minimum atomic E-state index is -1.19. The molecule has 4 rings (SSSR count). The molecule has 3 aromatic rings. The van der Waals surface area contributed by atoms with Crippen molar-refractivity contribution < 1.29 is 22.7 Å². The lowest BCUT2D eigenvalue weighted by Crippen LogP contribution is -2.38. The Kier molecular flexibility index (Phi) is 5.56. The Morgan fingerprint density at radius 2 is 2.13 bits per heavy atom. The van der Waals surface area contributed by atoms with Crippen molar-refractivity contribution in [1.82, 2.24) is 9.47 Å². The summed E-state index contributed by atoms with van der Waals surface area (Å²) in [5.74, 6) is -2.30. The smallest absolute Gasteiger partial charge is 0.259 e. The molecular formula is C23H24F2N2O4. The molecule has 0 N–H and O–H groups in total. The number of rotatable bonds is 7. The van der Waals surface area contributed by atoms with Crippen LogP contribution in [0.2, 0.25) is 0 Å². The zero-order chi connectivity index (χ0) is 22.3. The van der Waals surface area contributed by atoms with Gasteiger partial charge in [-0.15, -0.1) is 0 Å². The number of nitrogens with zero attached hydrogens (tertiary/aromatic N) is 2. The Balaban J connectivity index is 1.73. The zero-order valence-electron chi connectivity index (χ0n) is 17.7. The number of aryl methyl sites for hydroxylation is 1. The number of hydrogen-bond acceptors (Lipinski definition) is 4.